The number of nitrogens with zero attached hydrogens (tertiary/aromatic N) is 4. The van der Waals surface area contributed by atoms with Gasteiger partial charge < -0.3 is 8.83 Å². The lowest BCUT2D eigenvalue weighted by Gasteiger charge is -2.12. The molecule has 0 fully saturated rings. The maximum atomic E-state index is 9.85. The minimum Gasteiger partial charge on any atom is -0.456 e. The Bertz CT molecular complexity index is 4270. The molecule has 4 aromatic heterocycles. The molecule has 0 N–H and O–H groups in total. The summed E-state index contributed by atoms with van der Waals surface area (Å²) in [5.74, 6) is 0.394. The van der Waals surface area contributed by atoms with Crippen LogP contribution < -0.4 is 0 Å². The molecule has 0 aliphatic carbocycles. The van der Waals surface area contributed by atoms with Crippen molar-refractivity contribution in [2.45, 2.75) is 0 Å². The second-order valence-electron chi connectivity index (χ2n) is 15.5. The summed E-state index contributed by atoms with van der Waals surface area (Å²) >= 11 is 0. The van der Waals surface area contributed by atoms with Crippen molar-refractivity contribution in [2.24, 2.45) is 0 Å². The third-order valence-electron chi connectivity index (χ3n) is 11.8. The van der Waals surface area contributed by atoms with Gasteiger partial charge in [0.2, 0.25) is 5.95 Å². The summed E-state index contributed by atoms with van der Waals surface area (Å²) in [7, 11) is 0. The van der Waals surface area contributed by atoms with E-state index in [1.54, 1.807) is 24.3 Å². The van der Waals surface area contributed by atoms with E-state index in [0.717, 1.165) is 54.9 Å². The largest absolute Gasteiger partial charge is 0.456 e. The molecule has 0 unspecified atom stereocenters. The zero-order chi connectivity index (χ0) is 46.7. The Morgan fingerprint density at radius 3 is 1.86 bits per heavy atom. The molecule has 0 radical (unpaired) electrons. The Hall–Kier alpha value is -8.61. The normalized spacial score (nSPS) is 13.1. The van der Waals surface area contributed by atoms with E-state index in [-0.39, 0.29) is 86.9 Å². The van der Waals surface area contributed by atoms with E-state index in [4.69, 9.17) is 27.9 Å². The number of fused-ring (bicyclic) bond motifs is 10. The van der Waals surface area contributed by atoms with Gasteiger partial charge in [-0.1, -0.05) is 164 Å². The first-order chi connectivity index (χ1) is 33.7. The number of para-hydroxylation sites is 1. The van der Waals surface area contributed by atoms with Gasteiger partial charge in [0.1, 0.15) is 22.3 Å². The fourth-order valence-electron chi connectivity index (χ4n) is 8.85. The van der Waals surface area contributed by atoms with Crippen LogP contribution in [0.1, 0.15) is 8.22 Å². The second kappa shape index (κ2) is 14.0. The van der Waals surface area contributed by atoms with Crippen LogP contribution in [0.5, 0.6) is 0 Å². The Morgan fingerprint density at radius 1 is 0.413 bits per heavy atom. The average Bonchev–Trinajstić information content (AvgIpc) is 4.09. The molecule has 0 spiro atoms. The molecule has 4 heterocycles. The van der Waals surface area contributed by atoms with Crippen LogP contribution in [-0.2, 0) is 0 Å². The van der Waals surface area contributed by atoms with Gasteiger partial charge in [-0.05, 0) is 75.8 Å². The average molecular weight is 813 g/mol. The molecular formula is C57H34N4O2. The van der Waals surface area contributed by atoms with Crippen molar-refractivity contribution in [2.75, 3.05) is 0 Å². The van der Waals surface area contributed by atoms with Crippen molar-refractivity contribution >= 4 is 65.7 Å². The first-order valence-electron chi connectivity index (χ1n) is 23.6. The molecule has 0 amide bonds. The van der Waals surface area contributed by atoms with E-state index in [1.165, 1.54) is 0 Å². The molecule has 0 atom stereocenters. The highest BCUT2D eigenvalue weighted by molar-refractivity contribution is 6.21. The molecule has 9 aromatic carbocycles. The number of rotatable bonds is 6. The quantitative estimate of drug-likeness (QED) is 0.167. The lowest BCUT2D eigenvalue weighted by atomic mass is 9.99. The van der Waals surface area contributed by atoms with Gasteiger partial charge in [-0.3, -0.25) is 4.57 Å². The van der Waals surface area contributed by atoms with E-state index in [0.29, 0.717) is 22.2 Å². The zero-order valence-corrected chi connectivity index (χ0v) is 33.3. The minimum absolute atomic E-state index is 0.0475. The number of hydrogen-bond acceptors (Lipinski definition) is 5. The lowest BCUT2D eigenvalue weighted by Crippen LogP contribution is -2.06. The first-order valence-corrected chi connectivity index (χ1v) is 20.6. The van der Waals surface area contributed by atoms with Gasteiger partial charge in [0, 0.05) is 43.4 Å². The summed E-state index contributed by atoms with van der Waals surface area (Å²) in [5.41, 5.74) is 8.02. The summed E-state index contributed by atoms with van der Waals surface area (Å²) in [5, 5.41) is 3.99. The third kappa shape index (κ3) is 5.69. The molecule has 294 valence electrons. The monoisotopic (exact) mass is 812 g/mol. The molecule has 63 heavy (non-hydrogen) atoms. The number of furan rings is 2. The minimum atomic E-state index is -0.352. The topological polar surface area (TPSA) is 69.9 Å². The van der Waals surface area contributed by atoms with Crippen LogP contribution in [0.15, 0.2) is 215 Å². The molecule has 0 aliphatic heterocycles. The maximum Gasteiger partial charge on any atom is 0.238 e. The van der Waals surface area contributed by atoms with Crippen molar-refractivity contribution in [3.05, 3.63) is 206 Å². The molecule has 0 saturated heterocycles. The van der Waals surface area contributed by atoms with E-state index >= 15 is 0 Å². The van der Waals surface area contributed by atoms with E-state index in [1.807, 2.05) is 108 Å². The second-order valence-corrected chi connectivity index (χ2v) is 15.5. The van der Waals surface area contributed by atoms with Crippen LogP contribution in [0.2, 0.25) is 0 Å². The summed E-state index contributed by atoms with van der Waals surface area (Å²) in [6, 6.07) is 53.5. The molecule has 6 nitrogen and oxygen atoms in total. The van der Waals surface area contributed by atoms with Gasteiger partial charge in [0.15, 0.2) is 17.2 Å². The Morgan fingerprint density at radius 2 is 1.06 bits per heavy atom. The SMILES string of the molecule is [2H]c1c([2H])c(-c2ccccc2)c2c(oc3c([2H])c(-c4nc(-c5cccc(-c6ccccc6)c5)nc(-n5c6cc(-c7ccccc7)ccc6c6ccc7c8ccccc8oc7c65)n4)c([2H])c([2H])c32)c1[2H]. The van der Waals surface area contributed by atoms with E-state index in [2.05, 4.69) is 42.5 Å². The van der Waals surface area contributed by atoms with Gasteiger partial charge in [-0.15, -0.1) is 0 Å². The van der Waals surface area contributed by atoms with Crippen molar-refractivity contribution in [1.82, 2.24) is 19.5 Å². The Labute approximate surface area is 369 Å². The van der Waals surface area contributed by atoms with Gasteiger partial charge in [-0.2, -0.15) is 9.97 Å². The standard InChI is InChI=1S/C57H34N4O2/c1-4-14-35(15-5-1)38-20-12-21-40(32-38)55-58-56(41-27-29-47-51(34-41)62-50-25-13-23-42(52(47)50)37-18-8-3-9-19-37)60-57(59-55)61-48-33-39(36-16-6-2-7-17-36)26-28-43(48)45-30-31-46-44-22-10-11-24-49(44)63-54(46)53(45)61/h1-34H/i13D,23D,25D,27D,29D,34D. The van der Waals surface area contributed by atoms with Gasteiger partial charge in [0.05, 0.1) is 13.7 Å². The van der Waals surface area contributed by atoms with Crippen molar-refractivity contribution in [3.63, 3.8) is 0 Å². The predicted molar refractivity (Wildman–Crippen MR) is 256 cm³/mol. The first kappa shape index (κ1) is 29.6. The number of aromatic nitrogens is 4. The maximum absolute atomic E-state index is 9.85. The molecule has 13 aromatic rings. The van der Waals surface area contributed by atoms with Gasteiger partial charge in [0.25, 0.3) is 0 Å². The van der Waals surface area contributed by atoms with Crippen LogP contribution in [0.25, 0.3) is 128 Å². The van der Waals surface area contributed by atoms with Crippen LogP contribution in [0.4, 0.5) is 0 Å². The summed E-state index contributed by atoms with van der Waals surface area (Å²) in [4.78, 5) is 15.5. The van der Waals surface area contributed by atoms with Crippen LogP contribution >= 0.6 is 0 Å². The summed E-state index contributed by atoms with van der Waals surface area (Å²) < 4.78 is 70.9. The lowest BCUT2D eigenvalue weighted by molar-refractivity contribution is 0.669. The summed E-state index contributed by atoms with van der Waals surface area (Å²) in [6.07, 6.45) is 0. The van der Waals surface area contributed by atoms with Crippen molar-refractivity contribution in [3.8, 4) is 62.1 Å². The van der Waals surface area contributed by atoms with Crippen LogP contribution in [-0.4, -0.2) is 19.5 Å². The highest BCUT2D eigenvalue weighted by atomic mass is 16.3. The highest BCUT2D eigenvalue weighted by Crippen LogP contribution is 2.42. The predicted octanol–water partition coefficient (Wildman–Crippen LogP) is 15.1. The molecule has 0 aliphatic rings. The number of hydrogen-bond donors (Lipinski definition) is 0. The van der Waals surface area contributed by atoms with Gasteiger partial charge >= 0.3 is 0 Å². The summed E-state index contributed by atoms with van der Waals surface area (Å²) in [6.45, 7) is 0. The third-order valence-corrected chi connectivity index (χ3v) is 11.8. The van der Waals surface area contributed by atoms with Crippen LogP contribution in [0.3, 0.4) is 0 Å². The fraction of sp³-hybridized carbons (Fsp3) is 0. The van der Waals surface area contributed by atoms with Crippen molar-refractivity contribution < 1.29 is 17.1 Å². The van der Waals surface area contributed by atoms with Crippen molar-refractivity contribution in [1.29, 1.82) is 0 Å². The fourth-order valence-corrected chi connectivity index (χ4v) is 8.85. The Balaban J connectivity index is 1.15. The molecule has 0 bridgehead atoms. The van der Waals surface area contributed by atoms with Crippen LogP contribution in [0, 0.1) is 0 Å². The zero-order valence-electron chi connectivity index (χ0n) is 39.3. The van der Waals surface area contributed by atoms with E-state index in [9.17, 15) is 4.11 Å². The molecule has 6 heteroatoms. The van der Waals surface area contributed by atoms with E-state index < -0.39 is 0 Å². The Kier molecular flexibility index (Phi) is 6.56. The smallest absolute Gasteiger partial charge is 0.238 e. The molecule has 0 saturated carbocycles. The number of benzene rings is 9. The molecular weight excluding hydrogens is 773 g/mol. The highest BCUT2D eigenvalue weighted by Gasteiger charge is 2.23. The van der Waals surface area contributed by atoms with Gasteiger partial charge in [-0.25, -0.2) is 4.98 Å². The molecule has 13 rings (SSSR count).